The molecule has 3 amide bonds. The summed E-state index contributed by atoms with van der Waals surface area (Å²) in [7, 11) is -1.11. The lowest BCUT2D eigenvalue weighted by Crippen LogP contribution is -2.32. The zero-order valence-corrected chi connectivity index (χ0v) is 17.6. The second-order valence-corrected chi connectivity index (χ2v) is 8.27. The van der Waals surface area contributed by atoms with E-state index in [0.717, 1.165) is 11.6 Å². The highest BCUT2D eigenvalue weighted by atomic mass is 32.2. The minimum absolute atomic E-state index is 0.0765. The van der Waals surface area contributed by atoms with E-state index in [1.165, 1.54) is 24.5 Å². The van der Waals surface area contributed by atoms with Crippen molar-refractivity contribution in [2.24, 2.45) is 0 Å². The summed E-state index contributed by atoms with van der Waals surface area (Å²) in [6, 6.07) is 14.3. The fraction of sp³-hybridized carbons (Fsp3) is 0.182. The Bertz CT molecular complexity index is 1090. The summed E-state index contributed by atoms with van der Waals surface area (Å²) >= 11 is 0. The number of urea groups is 1. The number of halogens is 1. The van der Waals surface area contributed by atoms with E-state index >= 15 is 0 Å². The number of nitrogens with one attached hydrogen (secondary N) is 3. The molecule has 1 atom stereocenters. The summed E-state index contributed by atoms with van der Waals surface area (Å²) in [6.45, 7) is 1.84. The van der Waals surface area contributed by atoms with E-state index in [-0.39, 0.29) is 12.2 Å². The monoisotopic (exact) mass is 443 g/mol. The Kier molecular flexibility index (Phi) is 7.55. The highest BCUT2D eigenvalue weighted by Crippen LogP contribution is 2.21. The van der Waals surface area contributed by atoms with Crippen molar-refractivity contribution in [2.75, 3.05) is 22.9 Å². The summed E-state index contributed by atoms with van der Waals surface area (Å²) in [6.07, 6.45) is 1.37. The number of benzene rings is 2. The highest BCUT2D eigenvalue weighted by Gasteiger charge is 2.14. The van der Waals surface area contributed by atoms with Gasteiger partial charge in [-0.1, -0.05) is 30.3 Å². The number of hydrogen-bond acceptors (Lipinski definition) is 4. The third-order valence-corrected chi connectivity index (χ3v) is 5.68. The maximum atomic E-state index is 14.1. The van der Waals surface area contributed by atoms with Gasteiger partial charge in [-0.15, -0.1) is 0 Å². The predicted molar refractivity (Wildman–Crippen MR) is 118 cm³/mol. The van der Waals surface area contributed by atoms with Crippen molar-refractivity contribution in [3.8, 4) is 0 Å². The Morgan fingerprint density at radius 1 is 1.06 bits per heavy atom. The Morgan fingerprint density at radius 3 is 2.55 bits per heavy atom. The SMILES string of the molecule is Cc1occc1C(=O)Nc1cc(NC(=O)NCCS(=O)Cc2ccccc2)ccc1F. The van der Waals surface area contributed by atoms with Gasteiger partial charge in [0.05, 0.1) is 17.5 Å². The Hall–Kier alpha value is -3.46. The van der Waals surface area contributed by atoms with Crippen molar-refractivity contribution in [1.29, 1.82) is 0 Å². The predicted octanol–water partition coefficient (Wildman–Crippen LogP) is 4.05. The standard InChI is InChI=1S/C22H22FN3O4S/c1-15-18(9-11-30-15)21(27)26-20-13-17(7-8-19(20)23)25-22(28)24-10-12-31(29)14-16-5-3-2-4-6-16/h2-9,11,13H,10,12,14H2,1H3,(H,26,27)(H2,24,25,28). The van der Waals surface area contributed by atoms with Crippen LogP contribution in [-0.4, -0.2) is 28.4 Å². The molecule has 7 nitrogen and oxygen atoms in total. The van der Waals surface area contributed by atoms with Gasteiger partial charge in [0.1, 0.15) is 11.6 Å². The average Bonchev–Trinajstić information content (AvgIpc) is 3.17. The van der Waals surface area contributed by atoms with E-state index in [9.17, 15) is 18.2 Å². The van der Waals surface area contributed by atoms with Crippen LogP contribution in [0, 0.1) is 12.7 Å². The first-order valence-corrected chi connectivity index (χ1v) is 11.0. The Labute approximate surface area is 181 Å². The smallest absolute Gasteiger partial charge is 0.319 e. The fourth-order valence-electron chi connectivity index (χ4n) is 2.79. The van der Waals surface area contributed by atoms with Gasteiger partial charge in [-0.05, 0) is 36.8 Å². The van der Waals surface area contributed by atoms with E-state index in [4.69, 9.17) is 4.42 Å². The number of aryl methyl sites for hydroxylation is 1. The molecule has 1 heterocycles. The quantitative estimate of drug-likeness (QED) is 0.489. The van der Waals surface area contributed by atoms with Gasteiger partial charge in [-0.2, -0.15) is 0 Å². The van der Waals surface area contributed by atoms with E-state index in [0.29, 0.717) is 28.5 Å². The maximum Gasteiger partial charge on any atom is 0.319 e. The third kappa shape index (κ3) is 6.51. The first-order valence-electron chi connectivity index (χ1n) is 9.51. The molecule has 0 saturated heterocycles. The molecule has 3 N–H and O–H groups in total. The van der Waals surface area contributed by atoms with Crippen molar-refractivity contribution in [3.05, 3.63) is 83.6 Å². The molecule has 0 saturated carbocycles. The van der Waals surface area contributed by atoms with Crippen LogP contribution in [0.15, 0.2) is 65.3 Å². The molecule has 1 unspecified atom stereocenters. The molecular formula is C22H22FN3O4S. The number of hydrogen-bond donors (Lipinski definition) is 3. The zero-order valence-electron chi connectivity index (χ0n) is 16.8. The summed E-state index contributed by atoms with van der Waals surface area (Å²) < 4.78 is 31.3. The zero-order chi connectivity index (χ0) is 22.2. The van der Waals surface area contributed by atoms with Crippen LogP contribution in [0.2, 0.25) is 0 Å². The molecule has 1 aromatic heterocycles. The molecule has 0 spiro atoms. The lowest BCUT2D eigenvalue weighted by atomic mass is 10.2. The second-order valence-electron chi connectivity index (χ2n) is 6.69. The Balaban J connectivity index is 1.49. The van der Waals surface area contributed by atoms with Crippen LogP contribution in [0.5, 0.6) is 0 Å². The van der Waals surface area contributed by atoms with Crippen LogP contribution in [0.25, 0.3) is 0 Å². The topological polar surface area (TPSA) is 100 Å². The van der Waals surface area contributed by atoms with Crippen molar-refractivity contribution in [2.45, 2.75) is 12.7 Å². The van der Waals surface area contributed by atoms with Crippen LogP contribution in [0.4, 0.5) is 20.6 Å². The first kappa shape index (κ1) is 22.2. The highest BCUT2D eigenvalue weighted by molar-refractivity contribution is 7.84. The number of furan rings is 1. The van der Waals surface area contributed by atoms with Gasteiger partial charge in [-0.25, -0.2) is 9.18 Å². The van der Waals surface area contributed by atoms with Gasteiger partial charge >= 0.3 is 6.03 Å². The lowest BCUT2D eigenvalue weighted by Gasteiger charge is -2.11. The van der Waals surface area contributed by atoms with Crippen molar-refractivity contribution in [3.63, 3.8) is 0 Å². The molecule has 0 aliphatic rings. The minimum Gasteiger partial charge on any atom is -0.469 e. The van der Waals surface area contributed by atoms with Crippen molar-refractivity contribution in [1.82, 2.24) is 5.32 Å². The lowest BCUT2D eigenvalue weighted by molar-refractivity contribution is 0.102. The van der Waals surface area contributed by atoms with E-state index in [1.54, 1.807) is 6.92 Å². The number of carbonyl (C=O) groups excluding carboxylic acids is 2. The van der Waals surface area contributed by atoms with Gasteiger partial charge in [0.15, 0.2) is 0 Å². The van der Waals surface area contributed by atoms with Crippen LogP contribution in [0.3, 0.4) is 0 Å². The van der Waals surface area contributed by atoms with Crippen molar-refractivity contribution < 1.29 is 22.6 Å². The van der Waals surface area contributed by atoms with Gasteiger partial charge in [-0.3, -0.25) is 9.00 Å². The van der Waals surface area contributed by atoms with Crippen LogP contribution >= 0.6 is 0 Å². The number of amides is 3. The van der Waals surface area contributed by atoms with Crippen LogP contribution in [0.1, 0.15) is 21.7 Å². The molecule has 3 rings (SSSR count). The normalized spacial score (nSPS) is 11.5. The molecule has 0 fully saturated rings. The van der Waals surface area contributed by atoms with Crippen LogP contribution in [-0.2, 0) is 16.6 Å². The summed E-state index contributed by atoms with van der Waals surface area (Å²) in [4.78, 5) is 24.3. The molecule has 162 valence electrons. The van der Waals surface area contributed by atoms with E-state index in [1.807, 2.05) is 30.3 Å². The summed E-state index contributed by atoms with van der Waals surface area (Å²) in [5.41, 5.74) is 1.48. The molecule has 0 aliphatic heterocycles. The molecule has 31 heavy (non-hydrogen) atoms. The summed E-state index contributed by atoms with van der Waals surface area (Å²) in [5, 5.41) is 7.65. The average molecular weight is 444 g/mol. The number of rotatable bonds is 8. The fourth-order valence-corrected chi connectivity index (χ4v) is 3.83. The third-order valence-electron chi connectivity index (χ3n) is 4.36. The van der Waals surface area contributed by atoms with Crippen LogP contribution < -0.4 is 16.0 Å². The molecule has 3 aromatic rings. The number of carbonyl (C=O) groups is 2. The molecule has 0 bridgehead atoms. The largest absolute Gasteiger partial charge is 0.469 e. The van der Waals surface area contributed by atoms with Gasteiger partial charge in [0.2, 0.25) is 0 Å². The first-order chi connectivity index (χ1) is 14.9. The number of anilines is 2. The van der Waals surface area contributed by atoms with Gasteiger partial charge in [0.25, 0.3) is 5.91 Å². The maximum absolute atomic E-state index is 14.1. The molecule has 0 aliphatic carbocycles. The molecule has 0 radical (unpaired) electrons. The molecule has 2 aromatic carbocycles. The van der Waals surface area contributed by atoms with Gasteiger partial charge in [0, 0.05) is 34.5 Å². The van der Waals surface area contributed by atoms with Gasteiger partial charge < -0.3 is 20.4 Å². The second kappa shape index (κ2) is 10.5. The summed E-state index contributed by atoms with van der Waals surface area (Å²) in [5.74, 6) is -0.0288. The van der Waals surface area contributed by atoms with E-state index < -0.39 is 28.6 Å². The molecular weight excluding hydrogens is 421 g/mol. The minimum atomic E-state index is -1.11. The molecule has 9 heteroatoms. The van der Waals surface area contributed by atoms with E-state index in [2.05, 4.69) is 16.0 Å². The van der Waals surface area contributed by atoms with Crippen molar-refractivity contribution >= 4 is 34.1 Å². The Morgan fingerprint density at radius 2 is 1.84 bits per heavy atom.